The first-order valence-corrected chi connectivity index (χ1v) is 4.26. The zero-order valence-corrected chi connectivity index (χ0v) is 8.08. The Hall–Kier alpha value is -1.83. The zero-order chi connectivity index (χ0) is 11.7. The van der Waals surface area contributed by atoms with Crippen molar-refractivity contribution in [2.45, 2.75) is 0 Å². The van der Waals surface area contributed by atoms with Crippen molar-refractivity contribution in [2.75, 3.05) is 26.2 Å². The molecule has 0 aromatic carbocycles. The summed E-state index contributed by atoms with van der Waals surface area (Å²) in [5.41, 5.74) is 4.99. The standard InChI is InChI=1S/C7H14N4O4/c8-3-5(12)11-4-6(13)9-1-2-10-7(14)15/h10H,1-4,8H2,(H,9,13)(H,11,12)(H,14,15). The van der Waals surface area contributed by atoms with E-state index in [2.05, 4.69) is 16.0 Å². The van der Waals surface area contributed by atoms with Crippen LogP contribution >= 0.6 is 0 Å². The number of carbonyl (C=O) groups is 3. The minimum atomic E-state index is -1.15. The molecule has 86 valence electrons. The van der Waals surface area contributed by atoms with E-state index in [9.17, 15) is 14.4 Å². The van der Waals surface area contributed by atoms with Gasteiger partial charge in [-0.05, 0) is 0 Å². The van der Waals surface area contributed by atoms with E-state index in [0.29, 0.717) is 0 Å². The summed E-state index contributed by atoms with van der Waals surface area (Å²) in [6.45, 7) is -0.0491. The first kappa shape index (κ1) is 13.2. The highest BCUT2D eigenvalue weighted by molar-refractivity contribution is 5.85. The minimum Gasteiger partial charge on any atom is -0.465 e. The van der Waals surface area contributed by atoms with E-state index in [1.165, 1.54) is 0 Å². The second kappa shape index (κ2) is 7.56. The van der Waals surface area contributed by atoms with Crippen LogP contribution in [-0.2, 0) is 9.59 Å². The van der Waals surface area contributed by atoms with Gasteiger partial charge in [0.05, 0.1) is 13.1 Å². The van der Waals surface area contributed by atoms with Gasteiger partial charge in [0.15, 0.2) is 0 Å². The third kappa shape index (κ3) is 8.50. The Labute approximate surface area is 86.2 Å². The lowest BCUT2D eigenvalue weighted by Gasteiger charge is -2.05. The van der Waals surface area contributed by atoms with E-state index < -0.39 is 17.9 Å². The monoisotopic (exact) mass is 218 g/mol. The van der Waals surface area contributed by atoms with E-state index in [-0.39, 0.29) is 26.2 Å². The van der Waals surface area contributed by atoms with Gasteiger partial charge < -0.3 is 26.8 Å². The van der Waals surface area contributed by atoms with Crippen LogP contribution in [0.3, 0.4) is 0 Å². The number of nitrogens with one attached hydrogen (secondary N) is 3. The van der Waals surface area contributed by atoms with Gasteiger partial charge in [0, 0.05) is 13.1 Å². The summed E-state index contributed by atoms with van der Waals surface area (Å²) in [5, 5.41) is 14.9. The molecular formula is C7H14N4O4. The van der Waals surface area contributed by atoms with Gasteiger partial charge in [-0.2, -0.15) is 0 Å². The summed E-state index contributed by atoms with van der Waals surface area (Å²) in [6, 6.07) is 0. The Balaban J connectivity index is 3.41. The molecule has 15 heavy (non-hydrogen) atoms. The maximum atomic E-state index is 11.0. The molecule has 0 saturated heterocycles. The van der Waals surface area contributed by atoms with Crippen molar-refractivity contribution in [3.8, 4) is 0 Å². The van der Waals surface area contributed by atoms with Crippen LogP contribution in [0, 0.1) is 0 Å². The number of hydrogen-bond donors (Lipinski definition) is 5. The molecule has 0 aliphatic carbocycles. The molecule has 0 aliphatic rings. The Kier molecular flexibility index (Phi) is 6.64. The molecule has 0 rings (SSSR count). The van der Waals surface area contributed by atoms with Crippen LogP contribution in [0.25, 0.3) is 0 Å². The fraction of sp³-hybridized carbons (Fsp3) is 0.571. The summed E-state index contributed by atoms with van der Waals surface area (Å²) < 4.78 is 0. The number of amides is 3. The fourth-order valence-corrected chi connectivity index (χ4v) is 0.685. The Morgan fingerprint density at radius 2 is 1.60 bits per heavy atom. The molecule has 0 heterocycles. The third-order valence-corrected chi connectivity index (χ3v) is 1.35. The Morgan fingerprint density at radius 3 is 2.13 bits per heavy atom. The molecule has 8 nitrogen and oxygen atoms in total. The molecule has 0 aromatic rings. The normalized spacial score (nSPS) is 9.13. The van der Waals surface area contributed by atoms with Gasteiger partial charge >= 0.3 is 6.09 Å². The van der Waals surface area contributed by atoms with Crippen LogP contribution in [0.15, 0.2) is 0 Å². The summed E-state index contributed by atoms with van der Waals surface area (Å²) in [6.07, 6.45) is -1.15. The minimum absolute atomic E-state index is 0.117. The SMILES string of the molecule is NCC(=O)NCC(=O)NCCNC(=O)O. The van der Waals surface area contributed by atoms with Crippen molar-refractivity contribution in [2.24, 2.45) is 5.73 Å². The van der Waals surface area contributed by atoms with Crippen LogP contribution in [0.1, 0.15) is 0 Å². The largest absolute Gasteiger partial charge is 0.465 e. The molecule has 6 N–H and O–H groups in total. The average Bonchev–Trinajstić information content (AvgIpc) is 2.20. The van der Waals surface area contributed by atoms with Crippen molar-refractivity contribution in [3.05, 3.63) is 0 Å². The molecule has 0 fully saturated rings. The van der Waals surface area contributed by atoms with Crippen molar-refractivity contribution in [3.63, 3.8) is 0 Å². The summed E-state index contributed by atoms with van der Waals surface area (Å²) in [4.78, 5) is 31.6. The van der Waals surface area contributed by atoms with Gasteiger partial charge in [0.1, 0.15) is 0 Å². The molecule has 8 heteroatoms. The smallest absolute Gasteiger partial charge is 0.404 e. The Bertz CT molecular complexity index is 243. The maximum absolute atomic E-state index is 11.0. The zero-order valence-electron chi connectivity index (χ0n) is 8.08. The van der Waals surface area contributed by atoms with Crippen molar-refractivity contribution in [1.82, 2.24) is 16.0 Å². The topological polar surface area (TPSA) is 134 Å². The van der Waals surface area contributed by atoms with Gasteiger partial charge in [0.25, 0.3) is 0 Å². The average molecular weight is 218 g/mol. The molecule has 0 aliphatic heterocycles. The third-order valence-electron chi connectivity index (χ3n) is 1.35. The van der Waals surface area contributed by atoms with Crippen LogP contribution in [0.4, 0.5) is 4.79 Å². The molecule has 0 saturated carbocycles. The van der Waals surface area contributed by atoms with E-state index in [1.807, 2.05) is 0 Å². The van der Waals surface area contributed by atoms with Gasteiger partial charge in [-0.25, -0.2) is 4.79 Å². The number of carbonyl (C=O) groups excluding carboxylic acids is 2. The van der Waals surface area contributed by atoms with E-state index in [1.54, 1.807) is 0 Å². The van der Waals surface area contributed by atoms with Gasteiger partial charge in [0.2, 0.25) is 11.8 Å². The fourth-order valence-electron chi connectivity index (χ4n) is 0.685. The second-order valence-corrected chi connectivity index (χ2v) is 2.56. The van der Waals surface area contributed by atoms with E-state index in [0.717, 1.165) is 0 Å². The van der Waals surface area contributed by atoms with Crippen LogP contribution in [-0.4, -0.2) is 49.2 Å². The Morgan fingerprint density at radius 1 is 1.00 bits per heavy atom. The van der Waals surface area contributed by atoms with Crippen molar-refractivity contribution >= 4 is 17.9 Å². The van der Waals surface area contributed by atoms with Crippen LogP contribution in [0.2, 0.25) is 0 Å². The highest BCUT2D eigenvalue weighted by Gasteiger charge is 2.02. The summed E-state index contributed by atoms with van der Waals surface area (Å²) in [7, 11) is 0. The van der Waals surface area contributed by atoms with Gasteiger partial charge in [-0.1, -0.05) is 0 Å². The molecule has 0 bridgehead atoms. The number of hydrogen-bond acceptors (Lipinski definition) is 4. The van der Waals surface area contributed by atoms with Gasteiger partial charge in [-0.3, -0.25) is 9.59 Å². The highest BCUT2D eigenvalue weighted by atomic mass is 16.4. The second-order valence-electron chi connectivity index (χ2n) is 2.56. The first-order chi connectivity index (χ1) is 7.06. The number of nitrogens with two attached hydrogens (primary N) is 1. The number of rotatable bonds is 6. The van der Waals surface area contributed by atoms with E-state index >= 15 is 0 Å². The van der Waals surface area contributed by atoms with Crippen molar-refractivity contribution < 1.29 is 19.5 Å². The molecular weight excluding hydrogens is 204 g/mol. The van der Waals surface area contributed by atoms with E-state index in [4.69, 9.17) is 10.8 Å². The quantitative estimate of drug-likeness (QED) is 0.313. The van der Waals surface area contributed by atoms with Crippen molar-refractivity contribution in [1.29, 1.82) is 0 Å². The molecule has 0 atom stereocenters. The predicted molar refractivity (Wildman–Crippen MR) is 51.1 cm³/mol. The summed E-state index contributed by atoms with van der Waals surface area (Å²) in [5.74, 6) is -0.821. The maximum Gasteiger partial charge on any atom is 0.404 e. The molecule has 0 unspecified atom stereocenters. The molecule has 3 amide bonds. The molecule has 0 radical (unpaired) electrons. The lowest BCUT2D eigenvalue weighted by Crippen LogP contribution is -2.41. The lowest BCUT2D eigenvalue weighted by atomic mass is 10.5. The molecule has 0 aromatic heterocycles. The van der Waals surface area contributed by atoms with Crippen LogP contribution < -0.4 is 21.7 Å². The molecule has 0 spiro atoms. The number of carboxylic acid groups (broad SMARTS) is 1. The summed E-state index contributed by atoms with van der Waals surface area (Å²) >= 11 is 0. The highest BCUT2D eigenvalue weighted by Crippen LogP contribution is 1.66. The van der Waals surface area contributed by atoms with Crippen LogP contribution in [0.5, 0.6) is 0 Å². The van der Waals surface area contributed by atoms with Gasteiger partial charge in [-0.15, -0.1) is 0 Å². The predicted octanol–water partition coefficient (Wildman–Crippen LogP) is -2.55. The first-order valence-electron chi connectivity index (χ1n) is 4.26. The lowest BCUT2D eigenvalue weighted by molar-refractivity contribution is -0.125.